The van der Waals surface area contributed by atoms with E-state index in [1.807, 2.05) is 0 Å². The largest absolute Gasteiger partial charge is 0.464 e. The summed E-state index contributed by atoms with van der Waals surface area (Å²) >= 11 is 0. The summed E-state index contributed by atoms with van der Waals surface area (Å²) in [6.45, 7) is 5.37. The quantitative estimate of drug-likeness (QED) is 0.686. The summed E-state index contributed by atoms with van der Waals surface area (Å²) in [7, 11) is 0. The van der Waals surface area contributed by atoms with Crippen LogP contribution in [0.1, 0.15) is 45.6 Å². The highest BCUT2D eigenvalue weighted by Crippen LogP contribution is 2.25. The third-order valence-electron chi connectivity index (χ3n) is 4.77. The number of likely N-dealkylation sites (tertiary alicyclic amines) is 1. The van der Waals surface area contributed by atoms with Crippen molar-refractivity contribution in [1.29, 1.82) is 0 Å². The van der Waals surface area contributed by atoms with Gasteiger partial charge in [-0.05, 0) is 25.3 Å². The zero-order chi connectivity index (χ0) is 20.8. The minimum atomic E-state index is -0.993. The van der Waals surface area contributed by atoms with Crippen LogP contribution in [-0.4, -0.2) is 41.4 Å². The number of benzene rings is 1. The highest BCUT2D eigenvalue weighted by molar-refractivity contribution is 5.86. The zero-order valence-electron chi connectivity index (χ0n) is 16.3. The molecule has 1 fully saturated rings. The van der Waals surface area contributed by atoms with Gasteiger partial charge in [0.25, 0.3) is 0 Å². The minimum absolute atomic E-state index is 0.0225. The Morgan fingerprint density at radius 2 is 2.04 bits per heavy atom. The molecule has 2 amide bonds. The maximum absolute atomic E-state index is 14.0. The second-order valence-electron chi connectivity index (χ2n) is 7.17. The predicted molar refractivity (Wildman–Crippen MR) is 97.9 cm³/mol. The van der Waals surface area contributed by atoms with Crippen LogP contribution in [0.3, 0.4) is 0 Å². The van der Waals surface area contributed by atoms with Crippen LogP contribution in [0.15, 0.2) is 18.2 Å². The minimum Gasteiger partial charge on any atom is -0.464 e. The SMILES string of the molecule is CCOC(=O)[C@@H](NC(=O)C[C@@H]1CCC(=O)N1Cc1cccc(F)c1F)C(C)C. The molecule has 1 heterocycles. The number of nitrogens with one attached hydrogen (secondary N) is 1. The van der Waals surface area contributed by atoms with E-state index in [0.29, 0.717) is 6.42 Å². The van der Waals surface area contributed by atoms with Gasteiger partial charge in [0.2, 0.25) is 11.8 Å². The van der Waals surface area contributed by atoms with Crippen molar-refractivity contribution in [2.75, 3.05) is 6.61 Å². The molecule has 0 bridgehead atoms. The van der Waals surface area contributed by atoms with Gasteiger partial charge in [0.15, 0.2) is 11.6 Å². The third-order valence-corrected chi connectivity index (χ3v) is 4.77. The molecule has 0 unspecified atom stereocenters. The Labute approximate surface area is 163 Å². The topological polar surface area (TPSA) is 75.7 Å². The van der Waals surface area contributed by atoms with Gasteiger partial charge in [-0.1, -0.05) is 26.0 Å². The number of amides is 2. The van der Waals surface area contributed by atoms with Crippen LogP contribution < -0.4 is 5.32 Å². The molecule has 1 N–H and O–H groups in total. The standard InChI is InChI=1S/C20H26F2N2O4/c1-4-28-20(27)19(12(2)3)23-16(25)10-14-8-9-17(26)24(14)11-13-6-5-7-15(21)18(13)22/h5-7,12,14,19H,4,8-11H2,1-3H3,(H,23,25)/t14-,19-/m0/s1. The number of carbonyl (C=O) groups excluding carboxylic acids is 3. The van der Waals surface area contributed by atoms with E-state index in [0.717, 1.165) is 6.07 Å². The van der Waals surface area contributed by atoms with Crippen LogP contribution in [0.25, 0.3) is 0 Å². The van der Waals surface area contributed by atoms with E-state index in [9.17, 15) is 23.2 Å². The lowest BCUT2D eigenvalue weighted by Crippen LogP contribution is -2.47. The zero-order valence-corrected chi connectivity index (χ0v) is 16.3. The molecule has 1 aliphatic heterocycles. The molecule has 1 aromatic rings. The monoisotopic (exact) mass is 396 g/mol. The maximum atomic E-state index is 14.0. The smallest absolute Gasteiger partial charge is 0.328 e. The van der Waals surface area contributed by atoms with Gasteiger partial charge in [-0.15, -0.1) is 0 Å². The maximum Gasteiger partial charge on any atom is 0.328 e. The number of esters is 1. The fraction of sp³-hybridized carbons (Fsp3) is 0.550. The Hall–Kier alpha value is -2.51. The van der Waals surface area contributed by atoms with Crippen molar-refractivity contribution in [3.05, 3.63) is 35.4 Å². The van der Waals surface area contributed by atoms with Gasteiger partial charge >= 0.3 is 5.97 Å². The summed E-state index contributed by atoms with van der Waals surface area (Å²) < 4.78 is 32.4. The molecule has 28 heavy (non-hydrogen) atoms. The summed E-state index contributed by atoms with van der Waals surface area (Å²) in [5.41, 5.74) is 0.0623. The number of ether oxygens (including phenoxy) is 1. The summed E-state index contributed by atoms with van der Waals surface area (Å²) in [5.74, 6) is -3.25. The molecule has 1 aromatic carbocycles. The first-order valence-electron chi connectivity index (χ1n) is 9.42. The van der Waals surface area contributed by atoms with Crippen molar-refractivity contribution in [2.24, 2.45) is 5.92 Å². The fourth-order valence-electron chi connectivity index (χ4n) is 3.25. The van der Waals surface area contributed by atoms with Crippen molar-refractivity contribution in [3.8, 4) is 0 Å². The Morgan fingerprint density at radius 1 is 1.32 bits per heavy atom. The van der Waals surface area contributed by atoms with E-state index in [1.54, 1.807) is 20.8 Å². The molecule has 0 aliphatic carbocycles. The van der Waals surface area contributed by atoms with Gasteiger partial charge in [0.05, 0.1) is 6.61 Å². The number of hydrogen-bond acceptors (Lipinski definition) is 4. The van der Waals surface area contributed by atoms with Crippen molar-refractivity contribution < 1.29 is 27.9 Å². The van der Waals surface area contributed by atoms with Gasteiger partial charge in [-0.25, -0.2) is 13.6 Å². The summed E-state index contributed by atoms with van der Waals surface area (Å²) in [6, 6.07) is 2.58. The third kappa shape index (κ3) is 5.27. The van der Waals surface area contributed by atoms with E-state index < -0.39 is 35.6 Å². The molecule has 8 heteroatoms. The Kier molecular flexibility index (Phi) is 7.48. The Bertz CT molecular complexity index is 739. The number of rotatable bonds is 8. The lowest BCUT2D eigenvalue weighted by atomic mass is 10.0. The lowest BCUT2D eigenvalue weighted by Gasteiger charge is -2.26. The highest BCUT2D eigenvalue weighted by atomic mass is 19.2. The molecule has 0 saturated carbocycles. The number of hydrogen-bond donors (Lipinski definition) is 1. The molecule has 0 spiro atoms. The van der Waals surface area contributed by atoms with Gasteiger partial charge in [0, 0.05) is 31.0 Å². The van der Waals surface area contributed by atoms with Crippen LogP contribution in [0.2, 0.25) is 0 Å². The number of halogens is 2. The van der Waals surface area contributed by atoms with Gasteiger partial charge < -0.3 is 15.0 Å². The second-order valence-corrected chi connectivity index (χ2v) is 7.17. The summed E-state index contributed by atoms with van der Waals surface area (Å²) in [6.07, 6.45) is 0.653. The molecule has 0 radical (unpaired) electrons. The molecule has 0 aromatic heterocycles. The van der Waals surface area contributed by atoms with E-state index in [4.69, 9.17) is 4.74 Å². The normalized spacial score (nSPS) is 17.7. The molecule has 1 saturated heterocycles. The van der Waals surface area contributed by atoms with E-state index in [2.05, 4.69) is 5.32 Å². The van der Waals surface area contributed by atoms with Gasteiger partial charge in [-0.2, -0.15) is 0 Å². The van der Waals surface area contributed by atoms with Crippen molar-refractivity contribution >= 4 is 17.8 Å². The summed E-state index contributed by atoms with van der Waals surface area (Å²) in [5, 5.41) is 2.66. The fourth-order valence-corrected chi connectivity index (χ4v) is 3.25. The first-order chi connectivity index (χ1) is 13.2. The van der Waals surface area contributed by atoms with E-state index in [1.165, 1.54) is 17.0 Å². The molecule has 2 atom stereocenters. The van der Waals surface area contributed by atoms with E-state index >= 15 is 0 Å². The Morgan fingerprint density at radius 3 is 2.68 bits per heavy atom. The number of nitrogens with zero attached hydrogens (tertiary/aromatic N) is 1. The highest BCUT2D eigenvalue weighted by Gasteiger charge is 2.34. The predicted octanol–water partition coefficient (Wildman–Crippen LogP) is 2.55. The van der Waals surface area contributed by atoms with Gasteiger partial charge in [0.1, 0.15) is 6.04 Å². The number of carbonyl (C=O) groups is 3. The van der Waals surface area contributed by atoms with Crippen LogP contribution in [-0.2, 0) is 25.7 Å². The van der Waals surface area contributed by atoms with Crippen LogP contribution >= 0.6 is 0 Å². The van der Waals surface area contributed by atoms with Crippen LogP contribution in [0, 0.1) is 17.6 Å². The van der Waals surface area contributed by atoms with Crippen LogP contribution in [0.4, 0.5) is 8.78 Å². The molecule has 1 aliphatic rings. The molecule has 154 valence electrons. The molecule has 2 rings (SSSR count). The second kappa shape index (κ2) is 9.61. The first-order valence-corrected chi connectivity index (χ1v) is 9.42. The average Bonchev–Trinajstić information content (AvgIpc) is 2.96. The van der Waals surface area contributed by atoms with Crippen molar-refractivity contribution in [2.45, 2.75) is 58.7 Å². The van der Waals surface area contributed by atoms with E-state index in [-0.39, 0.29) is 43.4 Å². The molecule has 6 nitrogen and oxygen atoms in total. The summed E-state index contributed by atoms with van der Waals surface area (Å²) in [4.78, 5) is 38.1. The van der Waals surface area contributed by atoms with Crippen molar-refractivity contribution in [3.63, 3.8) is 0 Å². The van der Waals surface area contributed by atoms with Gasteiger partial charge in [-0.3, -0.25) is 9.59 Å². The lowest BCUT2D eigenvalue weighted by molar-refractivity contribution is -0.149. The van der Waals surface area contributed by atoms with Crippen LogP contribution in [0.5, 0.6) is 0 Å². The molecular weight excluding hydrogens is 370 g/mol. The van der Waals surface area contributed by atoms with Crippen molar-refractivity contribution in [1.82, 2.24) is 10.2 Å². The molecular formula is C20H26F2N2O4. The Balaban J connectivity index is 2.05. The first kappa shape index (κ1) is 21.8. The average molecular weight is 396 g/mol.